The van der Waals surface area contributed by atoms with Crippen LogP contribution in [0.2, 0.25) is 0 Å². The lowest BCUT2D eigenvalue weighted by atomic mass is 9.97. The summed E-state index contributed by atoms with van der Waals surface area (Å²) in [6.45, 7) is 0.332. The molecule has 2 fully saturated rings. The zero-order chi connectivity index (χ0) is 15.5. The second-order valence-corrected chi connectivity index (χ2v) is 6.16. The van der Waals surface area contributed by atoms with Crippen molar-refractivity contribution in [3.8, 4) is 0 Å². The van der Waals surface area contributed by atoms with Gasteiger partial charge in [0.15, 0.2) is 0 Å². The number of para-hydroxylation sites is 1. The molecular formula is C16H22N4O2. The summed E-state index contributed by atoms with van der Waals surface area (Å²) in [6, 6.07) is 10.1. The van der Waals surface area contributed by atoms with Crippen LogP contribution in [-0.4, -0.2) is 41.5 Å². The second-order valence-electron chi connectivity index (χ2n) is 6.16. The fourth-order valence-electron chi connectivity index (χ4n) is 3.70. The Morgan fingerprint density at radius 1 is 1.14 bits per heavy atom. The average Bonchev–Trinajstić information content (AvgIpc) is 2.70. The van der Waals surface area contributed by atoms with Crippen molar-refractivity contribution in [3.63, 3.8) is 0 Å². The Morgan fingerprint density at radius 3 is 2.36 bits per heavy atom. The Labute approximate surface area is 130 Å². The van der Waals surface area contributed by atoms with Crippen molar-refractivity contribution in [3.05, 3.63) is 30.3 Å². The molecule has 0 aliphatic carbocycles. The Kier molecular flexibility index (Phi) is 4.29. The van der Waals surface area contributed by atoms with Gasteiger partial charge in [-0.25, -0.2) is 4.79 Å². The molecule has 2 aliphatic heterocycles. The minimum absolute atomic E-state index is 0.158. The van der Waals surface area contributed by atoms with Crippen LogP contribution in [0.15, 0.2) is 30.3 Å². The molecule has 2 bridgehead atoms. The highest BCUT2D eigenvalue weighted by Gasteiger charge is 2.41. The van der Waals surface area contributed by atoms with Crippen LogP contribution in [0.5, 0.6) is 0 Å². The molecule has 6 nitrogen and oxygen atoms in total. The molecule has 0 spiro atoms. The molecule has 2 saturated heterocycles. The topological polar surface area (TPSA) is 87.5 Å². The normalized spacial score (nSPS) is 27.4. The standard InChI is InChI=1S/C16H22N4O2/c17-15(21)10-20-13-6-7-14(20)9-12(8-13)19-16(22)18-11-4-2-1-3-5-11/h1-5,12-14H,6-10H2,(H2,17,21)(H2,18,19,22)/t13-,14-/m0/s1. The van der Waals surface area contributed by atoms with Crippen molar-refractivity contribution in [2.75, 3.05) is 11.9 Å². The van der Waals surface area contributed by atoms with Crippen molar-refractivity contribution in [1.29, 1.82) is 0 Å². The maximum atomic E-state index is 12.1. The third kappa shape index (κ3) is 3.39. The Bertz CT molecular complexity index is 534. The van der Waals surface area contributed by atoms with E-state index < -0.39 is 0 Å². The van der Waals surface area contributed by atoms with E-state index in [1.807, 2.05) is 30.3 Å². The van der Waals surface area contributed by atoms with Gasteiger partial charge in [-0.3, -0.25) is 9.69 Å². The third-order valence-corrected chi connectivity index (χ3v) is 4.59. The van der Waals surface area contributed by atoms with Gasteiger partial charge in [-0.2, -0.15) is 0 Å². The monoisotopic (exact) mass is 302 g/mol. The number of nitrogens with two attached hydrogens (primary N) is 1. The van der Waals surface area contributed by atoms with Crippen LogP contribution in [0.3, 0.4) is 0 Å². The minimum atomic E-state index is -0.273. The molecular weight excluding hydrogens is 280 g/mol. The van der Waals surface area contributed by atoms with E-state index >= 15 is 0 Å². The van der Waals surface area contributed by atoms with Crippen LogP contribution in [0, 0.1) is 0 Å². The fourth-order valence-corrected chi connectivity index (χ4v) is 3.70. The molecule has 2 aliphatic rings. The summed E-state index contributed by atoms with van der Waals surface area (Å²) >= 11 is 0. The number of urea groups is 1. The number of benzene rings is 1. The number of nitrogens with zero attached hydrogens (tertiary/aromatic N) is 1. The fraction of sp³-hybridized carbons (Fsp3) is 0.500. The molecule has 118 valence electrons. The molecule has 0 radical (unpaired) electrons. The average molecular weight is 302 g/mol. The number of primary amides is 1. The summed E-state index contributed by atoms with van der Waals surface area (Å²) in [5, 5.41) is 5.89. The lowest BCUT2D eigenvalue weighted by Gasteiger charge is -2.38. The van der Waals surface area contributed by atoms with Crippen molar-refractivity contribution >= 4 is 17.6 Å². The SMILES string of the molecule is NC(=O)CN1[C@H]2CC[C@H]1CC(NC(=O)Nc1ccccc1)C2. The van der Waals surface area contributed by atoms with Gasteiger partial charge in [0.1, 0.15) is 0 Å². The van der Waals surface area contributed by atoms with Crippen molar-refractivity contribution in [1.82, 2.24) is 10.2 Å². The quantitative estimate of drug-likeness (QED) is 0.783. The maximum Gasteiger partial charge on any atom is 0.319 e. The molecule has 22 heavy (non-hydrogen) atoms. The molecule has 6 heteroatoms. The Morgan fingerprint density at radius 2 is 1.77 bits per heavy atom. The summed E-state index contributed by atoms with van der Waals surface area (Å²) in [4.78, 5) is 25.4. The van der Waals surface area contributed by atoms with Gasteiger partial charge >= 0.3 is 6.03 Å². The summed E-state index contributed by atoms with van der Waals surface area (Å²) in [6.07, 6.45) is 3.92. The van der Waals surface area contributed by atoms with Crippen LogP contribution < -0.4 is 16.4 Å². The predicted molar refractivity (Wildman–Crippen MR) is 84.3 cm³/mol. The smallest absolute Gasteiger partial charge is 0.319 e. The number of rotatable bonds is 4. The van der Waals surface area contributed by atoms with Gasteiger partial charge in [-0.15, -0.1) is 0 Å². The van der Waals surface area contributed by atoms with Crippen molar-refractivity contribution in [2.45, 2.75) is 43.8 Å². The first kappa shape index (κ1) is 14.8. The number of amides is 3. The number of nitrogens with one attached hydrogen (secondary N) is 2. The van der Waals surface area contributed by atoms with Crippen molar-refractivity contribution in [2.24, 2.45) is 5.73 Å². The van der Waals surface area contributed by atoms with E-state index in [2.05, 4.69) is 15.5 Å². The first-order valence-corrected chi connectivity index (χ1v) is 7.78. The largest absolute Gasteiger partial charge is 0.369 e. The summed E-state index contributed by atoms with van der Waals surface area (Å²) < 4.78 is 0. The summed E-state index contributed by atoms with van der Waals surface area (Å²) in [5.41, 5.74) is 6.10. The van der Waals surface area contributed by atoms with Gasteiger partial charge in [0.05, 0.1) is 6.54 Å². The van der Waals surface area contributed by atoms with E-state index in [4.69, 9.17) is 5.73 Å². The van der Waals surface area contributed by atoms with Crippen LogP contribution >= 0.6 is 0 Å². The Balaban J connectivity index is 1.53. The highest BCUT2D eigenvalue weighted by atomic mass is 16.2. The maximum absolute atomic E-state index is 12.1. The van der Waals surface area contributed by atoms with Gasteiger partial charge in [0.2, 0.25) is 5.91 Å². The molecule has 3 amide bonds. The van der Waals surface area contributed by atoms with Gasteiger partial charge in [-0.05, 0) is 37.8 Å². The summed E-state index contributed by atoms with van der Waals surface area (Å²) in [7, 11) is 0. The molecule has 0 aromatic heterocycles. The lowest BCUT2D eigenvalue weighted by Crippen LogP contribution is -2.52. The van der Waals surface area contributed by atoms with Crippen LogP contribution in [0.25, 0.3) is 0 Å². The number of hydrogen-bond acceptors (Lipinski definition) is 3. The molecule has 1 aromatic rings. The third-order valence-electron chi connectivity index (χ3n) is 4.59. The van der Waals surface area contributed by atoms with E-state index in [1.165, 1.54) is 0 Å². The molecule has 1 aromatic carbocycles. The van der Waals surface area contributed by atoms with E-state index in [0.717, 1.165) is 31.4 Å². The number of piperidine rings is 1. The zero-order valence-corrected chi connectivity index (χ0v) is 12.5. The molecule has 4 N–H and O–H groups in total. The zero-order valence-electron chi connectivity index (χ0n) is 12.5. The molecule has 0 saturated carbocycles. The minimum Gasteiger partial charge on any atom is -0.369 e. The van der Waals surface area contributed by atoms with E-state index in [0.29, 0.717) is 18.6 Å². The number of carbonyl (C=O) groups is 2. The number of fused-ring (bicyclic) bond motifs is 2. The number of anilines is 1. The molecule has 0 unspecified atom stereocenters. The van der Waals surface area contributed by atoms with Gasteiger partial charge in [0, 0.05) is 23.8 Å². The molecule has 3 rings (SSSR count). The van der Waals surface area contributed by atoms with Crippen LogP contribution in [-0.2, 0) is 4.79 Å². The van der Waals surface area contributed by atoms with Crippen molar-refractivity contribution < 1.29 is 9.59 Å². The van der Waals surface area contributed by atoms with E-state index in [-0.39, 0.29) is 18.0 Å². The highest BCUT2D eigenvalue weighted by Crippen LogP contribution is 2.35. The lowest BCUT2D eigenvalue weighted by molar-refractivity contribution is -0.120. The Hall–Kier alpha value is -2.08. The van der Waals surface area contributed by atoms with Gasteiger partial charge in [-0.1, -0.05) is 18.2 Å². The van der Waals surface area contributed by atoms with Crippen LogP contribution in [0.1, 0.15) is 25.7 Å². The first-order chi connectivity index (χ1) is 10.6. The number of hydrogen-bond donors (Lipinski definition) is 3. The first-order valence-electron chi connectivity index (χ1n) is 7.78. The van der Waals surface area contributed by atoms with Gasteiger partial charge < -0.3 is 16.4 Å². The summed E-state index contributed by atoms with van der Waals surface area (Å²) in [5.74, 6) is -0.273. The van der Waals surface area contributed by atoms with E-state index in [9.17, 15) is 9.59 Å². The highest BCUT2D eigenvalue weighted by molar-refractivity contribution is 5.89. The van der Waals surface area contributed by atoms with E-state index in [1.54, 1.807) is 0 Å². The predicted octanol–water partition coefficient (Wildman–Crippen LogP) is 1.29. The number of carbonyl (C=O) groups excluding carboxylic acids is 2. The van der Waals surface area contributed by atoms with Gasteiger partial charge in [0.25, 0.3) is 0 Å². The molecule has 2 heterocycles. The second kappa shape index (κ2) is 6.36. The van der Waals surface area contributed by atoms with Crippen LogP contribution in [0.4, 0.5) is 10.5 Å². The molecule has 2 atom stereocenters.